The maximum atomic E-state index is 13.1. The summed E-state index contributed by atoms with van der Waals surface area (Å²) in [6, 6.07) is 7.89. The van der Waals surface area contributed by atoms with Crippen LogP contribution in [0.15, 0.2) is 48.1 Å². The minimum absolute atomic E-state index is 0.105. The van der Waals surface area contributed by atoms with E-state index < -0.39 is 0 Å². The van der Waals surface area contributed by atoms with E-state index >= 15 is 0 Å². The molecule has 1 aromatic carbocycles. The molecule has 1 aliphatic heterocycles. The average Bonchev–Trinajstić information content (AvgIpc) is 3.56. The van der Waals surface area contributed by atoms with E-state index in [0.29, 0.717) is 5.56 Å². The van der Waals surface area contributed by atoms with Gasteiger partial charge in [0.25, 0.3) is 5.91 Å². The number of fused-ring (bicyclic) bond motifs is 2. The number of para-hydroxylation sites is 1. The smallest absolute Gasteiger partial charge is 0.257 e. The van der Waals surface area contributed by atoms with Crippen molar-refractivity contribution in [3.05, 3.63) is 70.6 Å². The summed E-state index contributed by atoms with van der Waals surface area (Å²) in [5, 5.41) is 8.73. The van der Waals surface area contributed by atoms with Crippen molar-refractivity contribution < 1.29 is 4.79 Å². The Hall–Kier alpha value is -3.20. The molecule has 1 saturated heterocycles. The van der Waals surface area contributed by atoms with E-state index in [0.717, 1.165) is 78.7 Å². The van der Waals surface area contributed by atoms with Crippen LogP contribution in [-0.4, -0.2) is 51.4 Å². The molecule has 7 nitrogen and oxygen atoms in total. The van der Waals surface area contributed by atoms with E-state index in [4.69, 9.17) is 4.98 Å². The number of aromatic amines is 1. The number of imidazole rings is 1. The summed E-state index contributed by atoms with van der Waals surface area (Å²) in [5.41, 5.74) is 6.62. The topological polar surface area (TPSA) is 77.5 Å². The Morgan fingerprint density at radius 1 is 1.21 bits per heavy atom. The molecule has 0 saturated carbocycles. The van der Waals surface area contributed by atoms with Gasteiger partial charge in [-0.25, -0.2) is 4.98 Å². The van der Waals surface area contributed by atoms with Gasteiger partial charge in [-0.05, 0) is 18.9 Å². The van der Waals surface area contributed by atoms with E-state index in [1.54, 1.807) is 11.3 Å². The molecule has 0 atom stereocenters. The highest BCUT2D eigenvalue weighted by atomic mass is 32.1. The molecule has 3 N–H and O–H groups in total. The molecule has 1 amide bonds. The van der Waals surface area contributed by atoms with Crippen LogP contribution in [-0.2, 0) is 13.0 Å². The van der Waals surface area contributed by atoms with Gasteiger partial charge in [-0.3, -0.25) is 14.1 Å². The molecule has 1 fully saturated rings. The number of aromatic nitrogens is 3. The van der Waals surface area contributed by atoms with Gasteiger partial charge in [-0.15, -0.1) is 11.3 Å². The van der Waals surface area contributed by atoms with Crippen LogP contribution >= 0.6 is 11.3 Å². The summed E-state index contributed by atoms with van der Waals surface area (Å²) >= 11 is 1.66. The zero-order valence-corrected chi connectivity index (χ0v) is 19.1. The van der Waals surface area contributed by atoms with Crippen LogP contribution in [0.4, 0.5) is 5.69 Å². The lowest BCUT2D eigenvalue weighted by atomic mass is 10.0. The lowest BCUT2D eigenvalue weighted by Crippen LogP contribution is -2.43. The van der Waals surface area contributed by atoms with Crippen molar-refractivity contribution in [3.8, 4) is 11.3 Å². The van der Waals surface area contributed by atoms with Gasteiger partial charge >= 0.3 is 0 Å². The third kappa shape index (κ3) is 3.90. The summed E-state index contributed by atoms with van der Waals surface area (Å²) < 4.78 is 2.19. The number of hydrogen-bond donors (Lipinski definition) is 3. The molecule has 0 spiro atoms. The lowest BCUT2D eigenvalue weighted by molar-refractivity contribution is 0.102. The monoisotopic (exact) mass is 458 g/mol. The van der Waals surface area contributed by atoms with Gasteiger partial charge in [0, 0.05) is 73.0 Å². The molecule has 2 aliphatic rings. The van der Waals surface area contributed by atoms with Crippen LogP contribution in [0.25, 0.3) is 22.3 Å². The van der Waals surface area contributed by atoms with Crippen LogP contribution in [0.5, 0.6) is 0 Å². The molecule has 0 unspecified atom stereocenters. The zero-order chi connectivity index (χ0) is 22.2. The number of anilines is 1. The first kappa shape index (κ1) is 20.4. The van der Waals surface area contributed by atoms with Gasteiger partial charge in [0.15, 0.2) is 4.96 Å². The Balaban J connectivity index is 1.28. The number of hydrogen-bond acceptors (Lipinski definition) is 5. The van der Waals surface area contributed by atoms with Gasteiger partial charge in [0.2, 0.25) is 0 Å². The van der Waals surface area contributed by atoms with Crippen molar-refractivity contribution in [2.75, 3.05) is 31.5 Å². The Morgan fingerprint density at radius 3 is 3.00 bits per heavy atom. The Labute approximate surface area is 196 Å². The summed E-state index contributed by atoms with van der Waals surface area (Å²) in [6.45, 7) is 5.12. The molecule has 1 aliphatic carbocycles. The number of allylic oxidation sites excluding steroid dienone is 1. The fraction of sp³-hybridized carbons (Fsp3) is 0.280. The quantitative estimate of drug-likeness (QED) is 0.422. The first-order chi connectivity index (χ1) is 16.3. The van der Waals surface area contributed by atoms with Crippen molar-refractivity contribution in [3.63, 3.8) is 0 Å². The van der Waals surface area contributed by atoms with E-state index in [9.17, 15) is 4.79 Å². The van der Waals surface area contributed by atoms with Crippen LogP contribution in [0.1, 0.15) is 33.7 Å². The number of H-pyrrole nitrogens is 1. The number of carbonyl (C=O) groups excluding carboxylic acids is 1. The second-order valence-electron chi connectivity index (χ2n) is 8.57. The number of benzene rings is 1. The predicted molar refractivity (Wildman–Crippen MR) is 133 cm³/mol. The lowest BCUT2D eigenvalue weighted by Gasteiger charge is -2.26. The molecule has 0 bridgehead atoms. The molecule has 4 heterocycles. The maximum Gasteiger partial charge on any atom is 0.257 e. The number of amides is 1. The van der Waals surface area contributed by atoms with Crippen LogP contribution in [0, 0.1) is 0 Å². The van der Waals surface area contributed by atoms with Gasteiger partial charge in [0.05, 0.1) is 16.9 Å². The highest BCUT2D eigenvalue weighted by Crippen LogP contribution is 2.31. The Kier molecular flexibility index (Phi) is 5.33. The van der Waals surface area contributed by atoms with Gasteiger partial charge in [-0.2, -0.15) is 0 Å². The van der Waals surface area contributed by atoms with E-state index in [-0.39, 0.29) is 5.91 Å². The number of nitrogens with zero attached hydrogens (tertiary/aromatic N) is 3. The second kappa shape index (κ2) is 8.62. The third-order valence-electron chi connectivity index (χ3n) is 6.43. The van der Waals surface area contributed by atoms with Crippen LogP contribution in [0.2, 0.25) is 0 Å². The van der Waals surface area contributed by atoms with Crippen molar-refractivity contribution in [2.24, 2.45) is 0 Å². The van der Waals surface area contributed by atoms with Crippen molar-refractivity contribution >= 4 is 34.0 Å². The van der Waals surface area contributed by atoms with Crippen molar-refractivity contribution in [2.45, 2.75) is 19.4 Å². The minimum atomic E-state index is -0.105. The SMILES string of the molecule is O=C(Nc1ccccc1-c1cn2c(CN3CCNCC3)csc2n1)c1c[nH]c2c1C=CCC2. The number of carbonyl (C=O) groups is 1. The average molecular weight is 459 g/mol. The fourth-order valence-corrected chi connectivity index (χ4v) is 5.53. The van der Waals surface area contributed by atoms with Gasteiger partial charge < -0.3 is 15.6 Å². The number of rotatable bonds is 5. The fourth-order valence-electron chi connectivity index (χ4n) is 4.67. The number of piperazine rings is 1. The molecular formula is C25H26N6OS. The second-order valence-corrected chi connectivity index (χ2v) is 9.40. The van der Waals surface area contributed by atoms with Crippen LogP contribution in [0.3, 0.4) is 0 Å². The Bertz CT molecular complexity index is 1340. The predicted octanol–water partition coefficient (Wildman–Crippen LogP) is 4.01. The highest BCUT2D eigenvalue weighted by molar-refractivity contribution is 7.15. The third-order valence-corrected chi connectivity index (χ3v) is 7.31. The van der Waals surface area contributed by atoms with Gasteiger partial charge in [-0.1, -0.05) is 30.4 Å². The summed E-state index contributed by atoms with van der Waals surface area (Å²) in [6.07, 6.45) is 10.0. The molecule has 3 aromatic heterocycles. The van der Waals surface area contributed by atoms with E-state index in [1.165, 1.54) is 5.69 Å². The number of thiazole rings is 1. The first-order valence-electron chi connectivity index (χ1n) is 11.4. The van der Waals surface area contributed by atoms with Gasteiger partial charge in [0.1, 0.15) is 0 Å². The zero-order valence-electron chi connectivity index (χ0n) is 18.3. The molecular weight excluding hydrogens is 432 g/mol. The molecule has 33 heavy (non-hydrogen) atoms. The summed E-state index contributed by atoms with van der Waals surface area (Å²) in [7, 11) is 0. The van der Waals surface area contributed by atoms with Crippen molar-refractivity contribution in [1.29, 1.82) is 0 Å². The van der Waals surface area contributed by atoms with E-state index in [2.05, 4.69) is 42.6 Å². The molecule has 4 aromatic rings. The standard InChI is InChI=1S/C25H26N6OS/c32-24(20-13-27-21-7-3-1-5-18(20)21)28-22-8-4-2-6-19(22)23-15-31-17(16-33-25(31)29-23)14-30-11-9-26-10-12-30/h1-2,4-6,8,13,15-16,26-27H,3,7,9-12,14H2,(H,28,32). The summed E-state index contributed by atoms with van der Waals surface area (Å²) in [4.78, 5) is 24.7. The molecule has 8 heteroatoms. The summed E-state index contributed by atoms with van der Waals surface area (Å²) in [5.74, 6) is -0.105. The normalized spacial score (nSPS) is 16.2. The first-order valence-corrected chi connectivity index (χ1v) is 12.3. The minimum Gasteiger partial charge on any atom is -0.364 e. The number of nitrogens with one attached hydrogen (secondary N) is 3. The van der Waals surface area contributed by atoms with Crippen molar-refractivity contribution in [1.82, 2.24) is 24.6 Å². The Morgan fingerprint density at radius 2 is 2.09 bits per heavy atom. The largest absolute Gasteiger partial charge is 0.364 e. The van der Waals surface area contributed by atoms with E-state index in [1.807, 2.05) is 36.5 Å². The molecule has 6 rings (SSSR count). The van der Waals surface area contributed by atoms with Crippen LogP contribution < -0.4 is 10.6 Å². The number of aryl methyl sites for hydroxylation is 1. The molecule has 0 radical (unpaired) electrons. The highest BCUT2D eigenvalue weighted by Gasteiger charge is 2.20. The molecule has 168 valence electrons. The maximum absolute atomic E-state index is 13.1.